The van der Waals surface area contributed by atoms with Crippen molar-refractivity contribution in [1.82, 2.24) is 15.6 Å². The SMILES string of the molecule is O=C(CCl)NCC(=O)NCCc1cccnc1. The van der Waals surface area contributed by atoms with Gasteiger partial charge in [0.15, 0.2) is 0 Å². The van der Waals surface area contributed by atoms with Crippen molar-refractivity contribution in [3.8, 4) is 0 Å². The van der Waals surface area contributed by atoms with Crippen LogP contribution in [-0.2, 0) is 16.0 Å². The Morgan fingerprint density at radius 1 is 1.29 bits per heavy atom. The van der Waals surface area contributed by atoms with Gasteiger partial charge in [-0.3, -0.25) is 14.6 Å². The van der Waals surface area contributed by atoms with Crippen LogP contribution in [0.4, 0.5) is 0 Å². The molecule has 0 radical (unpaired) electrons. The minimum absolute atomic E-state index is 0.0431. The van der Waals surface area contributed by atoms with Crippen molar-refractivity contribution in [2.45, 2.75) is 6.42 Å². The van der Waals surface area contributed by atoms with Crippen LogP contribution in [0.3, 0.4) is 0 Å². The summed E-state index contributed by atoms with van der Waals surface area (Å²) in [6.07, 6.45) is 4.16. The van der Waals surface area contributed by atoms with E-state index in [9.17, 15) is 9.59 Å². The Bertz CT molecular complexity index is 370. The van der Waals surface area contributed by atoms with Crippen LogP contribution in [0.15, 0.2) is 24.5 Å². The van der Waals surface area contributed by atoms with Gasteiger partial charge in [-0.2, -0.15) is 0 Å². The molecule has 0 fully saturated rings. The molecule has 1 rings (SSSR count). The Morgan fingerprint density at radius 3 is 2.76 bits per heavy atom. The third kappa shape index (κ3) is 5.87. The van der Waals surface area contributed by atoms with Crippen molar-refractivity contribution in [3.63, 3.8) is 0 Å². The zero-order valence-electron chi connectivity index (χ0n) is 9.28. The van der Waals surface area contributed by atoms with Gasteiger partial charge in [-0.05, 0) is 18.1 Å². The maximum Gasteiger partial charge on any atom is 0.239 e. The maximum atomic E-state index is 11.3. The van der Waals surface area contributed by atoms with E-state index in [1.54, 1.807) is 12.4 Å². The number of nitrogens with zero attached hydrogens (tertiary/aromatic N) is 1. The fourth-order valence-corrected chi connectivity index (χ4v) is 1.28. The lowest BCUT2D eigenvalue weighted by Crippen LogP contribution is -2.38. The molecule has 0 aromatic carbocycles. The lowest BCUT2D eigenvalue weighted by atomic mass is 10.2. The number of carbonyl (C=O) groups excluding carboxylic acids is 2. The number of pyridine rings is 1. The highest BCUT2D eigenvalue weighted by Gasteiger charge is 2.03. The number of carbonyl (C=O) groups is 2. The van der Waals surface area contributed by atoms with Gasteiger partial charge >= 0.3 is 0 Å². The molecule has 1 heterocycles. The Morgan fingerprint density at radius 2 is 2.12 bits per heavy atom. The number of nitrogens with one attached hydrogen (secondary N) is 2. The summed E-state index contributed by atoms with van der Waals surface area (Å²) in [7, 11) is 0. The van der Waals surface area contributed by atoms with Crippen molar-refractivity contribution >= 4 is 23.4 Å². The van der Waals surface area contributed by atoms with Gasteiger partial charge in [0.1, 0.15) is 5.88 Å². The van der Waals surface area contributed by atoms with Crippen molar-refractivity contribution in [2.24, 2.45) is 0 Å². The van der Waals surface area contributed by atoms with E-state index >= 15 is 0 Å². The molecule has 0 spiro atoms. The lowest BCUT2D eigenvalue weighted by Gasteiger charge is -2.05. The largest absolute Gasteiger partial charge is 0.354 e. The number of aromatic nitrogens is 1. The van der Waals surface area contributed by atoms with Crippen LogP contribution in [0.1, 0.15) is 5.56 Å². The first-order valence-electron chi connectivity index (χ1n) is 5.20. The molecule has 0 atom stereocenters. The van der Waals surface area contributed by atoms with Crippen LogP contribution in [0.2, 0.25) is 0 Å². The van der Waals surface area contributed by atoms with Crippen molar-refractivity contribution in [1.29, 1.82) is 0 Å². The third-order valence-corrected chi connectivity index (χ3v) is 2.27. The summed E-state index contributed by atoms with van der Waals surface area (Å²) < 4.78 is 0. The normalized spacial score (nSPS) is 9.71. The van der Waals surface area contributed by atoms with Crippen molar-refractivity contribution in [2.75, 3.05) is 19.0 Å². The minimum atomic E-state index is -0.353. The molecule has 0 bridgehead atoms. The van der Waals surface area contributed by atoms with Gasteiger partial charge in [0.05, 0.1) is 6.54 Å². The van der Waals surface area contributed by atoms with Crippen LogP contribution in [0.25, 0.3) is 0 Å². The van der Waals surface area contributed by atoms with E-state index < -0.39 is 0 Å². The first-order valence-corrected chi connectivity index (χ1v) is 5.74. The maximum absolute atomic E-state index is 11.3. The molecule has 2 N–H and O–H groups in total. The number of hydrogen-bond donors (Lipinski definition) is 2. The molecule has 0 saturated heterocycles. The van der Waals surface area contributed by atoms with Crippen LogP contribution in [0, 0.1) is 0 Å². The Balaban J connectivity index is 2.14. The summed E-state index contributed by atoms with van der Waals surface area (Å²) in [6, 6.07) is 3.78. The third-order valence-electron chi connectivity index (χ3n) is 2.03. The zero-order chi connectivity index (χ0) is 12.5. The van der Waals surface area contributed by atoms with Gasteiger partial charge in [-0.25, -0.2) is 0 Å². The van der Waals surface area contributed by atoms with E-state index in [0.29, 0.717) is 13.0 Å². The Kier molecular flexibility index (Phi) is 6.03. The molecule has 1 aromatic rings. The molecular weight excluding hydrogens is 242 g/mol. The summed E-state index contributed by atoms with van der Waals surface area (Å²) in [5.74, 6) is -0.718. The molecule has 0 saturated carbocycles. The number of amides is 2. The van der Waals surface area contributed by atoms with Crippen LogP contribution >= 0.6 is 11.6 Å². The van der Waals surface area contributed by atoms with Gasteiger partial charge in [0.25, 0.3) is 0 Å². The topological polar surface area (TPSA) is 71.1 Å². The van der Waals surface area contributed by atoms with Crippen molar-refractivity contribution in [3.05, 3.63) is 30.1 Å². The quantitative estimate of drug-likeness (QED) is 0.708. The first-order chi connectivity index (χ1) is 8.22. The number of alkyl halides is 1. The van der Waals surface area contributed by atoms with Gasteiger partial charge in [0, 0.05) is 18.9 Å². The fraction of sp³-hybridized carbons (Fsp3) is 0.364. The highest BCUT2D eigenvalue weighted by atomic mass is 35.5. The molecule has 0 aliphatic carbocycles. The highest BCUT2D eigenvalue weighted by molar-refractivity contribution is 6.27. The molecule has 0 unspecified atom stereocenters. The van der Waals surface area contributed by atoms with Gasteiger partial charge < -0.3 is 10.6 Å². The predicted octanol–water partition coefficient (Wildman–Crippen LogP) is 0.0953. The second-order valence-electron chi connectivity index (χ2n) is 3.37. The van der Waals surface area contributed by atoms with Crippen LogP contribution < -0.4 is 10.6 Å². The van der Waals surface area contributed by atoms with E-state index in [-0.39, 0.29) is 24.2 Å². The standard InChI is InChI=1S/C11H14ClN3O2/c12-6-10(16)15-8-11(17)14-5-3-9-2-1-4-13-7-9/h1-2,4,7H,3,5-6,8H2,(H,14,17)(H,15,16). The highest BCUT2D eigenvalue weighted by Crippen LogP contribution is 1.95. The summed E-state index contributed by atoms with van der Waals surface area (Å²) in [5, 5.41) is 5.07. The number of rotatable bonds is 6. The second kappa shape index (κ2) is 7.62. The monoisotopic (exact) mass is 255 g/mol. The summed E-state index contributed by atoms with van der Waals surface area (Å²) in [4.78, 5) is 26.0. The predicted molar refractivity (Wildman–Crippen MR) is 64.7 cm³/mol. The van der Waals surface area contributed by atoms with Gasteiger partial charge in [-0.1, -0.05) is 6.07 Å². The number of hydrogen-bond acceptors (Lipinski definition) is 3. The molecule has 0 aliphatic rings. The first kappa shape index (κ1) is 13.4. The second-order valence-corrected chi connectivity index (χ2v) is 3.64. The minimum Gasteiger partial charge on any atom is -0.354 e. The van der Waals surface area contributed by atoms with Gasteiger partial charge in [-0.15, -0.1) is 11.6 Å². The van der Waals surface area contributed by atoms with E-state index in [2.05, 4.69) is 15.6 Å². The zero-order valence-corrected chi connectivity index (χ0v) is 10.0. The fourth-order valence-electron chi connectivity index (χ4n) is 1.18. The van der Waals surface area contributed by atoms with Crippen LogP contribution in [0.5, 0.6) is 0 Å². The summed E-state index contributed by atoms with van der Waals surface area (Å²) in [6.45, 7) is 0.472. The molecule has 6 heteroatoms. The molecule has 0 aliphatic heterocycles. The van der Waals surface area contributed by atoms with E-state index in [1.165, 1.54) is 0 Å². The molecule has 1 aromatic heterocycles. The number of halogens is 1. The van der Waals surface area contributed by atoms with E-state index in [1.807, 2.05) is 12.1 Å². The Labute approximate surface area is 105 Å². The van der Waals surface area contributed by atoms with E-state index in [4.69, 9.17) is 11.6 Å². The lowest BCUT2D eigenvalue weighted by molar-refractivity contribution is -0.124. The summed E-state index contributed by atoms with van der Waals surface area (Å²) in [5.41, 5.74) is 1.05. The molecule has 92 valence electrons. The molecule has 2 amide bonds. The smallest absolute Gasteiger partial charge is 0.239 e. The molecular formula is C11H14ClN3O2. The van der Waals surface area contributed by atoms with Crippen LogP contribution in [-0.4, -0.2) is 35.8 Å². The van der Waals surface area contributed by atoms with Gasteiger partial charge in [0.2, 0.25) is 11.8 Å². The molecule has 5 nitrogen and oxygen atoms in total. The molecule has 17 heavy (non-hydrogen) atoms. The van der Waals surface area contributed by atoms with E-state index in [0.717, 1.165) is 5.56 Å². The Hall–Kier alpha value is -1.62. The average Bonchev–Trinajstić information content (AvgIpc) is 2.37. The van der Waals surface area contributed by atoms with Crippen molar-refractivity contribution < 1.29 is 9.59 Å². The summed E-state index contributed by atoms with van der Waals surface area (Å²) >= 11 is 5.27. The average molecular weight is 256 g/mol.